The highest BCUT2D eigenvalue weighted by Gasteiger charge is 2.32. The van der Waals surface area contributed by atoms with Crippen molar-refractivity contribution in [2.45, 2.75) is 30.0 Å². The van der Waals surface area contributed by atoms with Crippen LogP contribution in [0.3, 0.4) is 0 Å². The second-order valence-electron chi connectivity index (χ2n) is 5.20. The molecule has 1 aliphatic rings. The molecular formula is C13H15N3O5S. The number of rotatable bonds is 4. The van der Waals surface area contributed by atoms with Gasteiger partial charge in [0.05, 0.1) is 24.3 Å². The molecule has 2 aromatic heterocycles. The molecule has 1 fully saturated rings. The van der Waals surface area contributed by atoms with E-state index in [0.29, 0.717) is 23.9 Å². The van der Waals surface area contributed by atoms with Gasteiger partial charge in [0.25, 0.3) is 10.0 Å². The molecular weight excluding hydrogens is 310 g/mol. The summed E-state index contributed by atoms with van der Waals surface area (Å²) < 4.78 is 33.2. The summed E-state index contributed by atoms with van der Waals surface area (Å²) in [7, 11) is -2.50. The molecule has 9 heteroatoms. The predicted molar refractivity (Wildman–Crippen MR) is 75.9 cm³/mol. The summed E-state index contributed by atoms with van der Waals surface area (Å²) in [5.41, 5.74) is 0.659. The van der Waals surface area contributed by atoms with E-state index in [1.807, 2.05) is 0 Å². The molecule has 2 N–H and O–H groups in total. The molecule has 0 aliphatic heterocycles. The lowest BCUT2D eigenvalue weighted by Gasteiger charge is -2.31. The first-order valence-corrected chi connectivity index (χ1v) is 8.14. The Balaban J connectivity index is 1.92. The van der Waals surface area contributed by atoms with Crippen molar-refractivity contribution >= 4 is 21.5 Å². The first kappa shape index (κ1) is 14.9. The van der Waals surface area contributed by atoms with Crippen LogP contribution in [0.25, 0.3) is 5.52 Å². The summed E-state index contributed by atoms with van der Waals surface area (Å²) in [6.07, 6.45) is 3.13. The number of carbonyl (C=O) groups excluding carboxylic acids is 1. The normalized spacial score (nSPS) is 21.5. The number of methoxy groups -OCH3 is 1. The molecule has 0 atom stereocenters. The lowest BCUT2D eigenvalue weighted by molar-refractivity contribution is 0.0600. The van der Waals surface area contributed by atoms with Crippen LogP contribution in [0.1, 0.15) is 23.2 Å². The van der Waals surface area contributed by atoms with Crippen molar-refractivity contribution < 1.29 is 23.1 Å². The minimum atomic E-state index is -3.77. The number of hydrogen-bond acceptors (Lipinski definition) is 6. The fourth-order valence-corrected chi connectivity index (χ4v) is 3.76. The number of ether oxygens (including phenoxy) is 1. The lowest BCUT2D eigenvalue weighted by Crippen LogP contribution is -2.46. The van der Waals surface area contributed by atoms with Crippen LogP contribution < -0.4 is 4.72 Å². The fourth-order valence-electron chi connectivity index (χ4n) is 2.38. The van der Waals surface area contributed by atoms with Crippen LogP contribution in [0.4, 0.5) is 0 Å². The number of aliphatic hydroxyl groups excluding tert-OH is 1. The number of esters is 1. The Bertz CT molecular complexity index is 823. The molecule has 0 radical (unpaired) electrons. The third-order valence-corrected chi connectivity index (χ3v) is 5.07. The van der Waals surface area contributed by atoms with Crippen LogP contribution in [0, 0.1) is 0 Å². The number of nitrogens with one attached hydrogen (secondary N) is 1. The highest BCUT2D eigenvalue weighted by atomic mass is 32.2. The Hall–Kier alpha value is -1.97. The number of hydrogen-bond donors (Lipinski definition) is 2. The summed E-state index contributed by atoms with van der Waals surface area (Å²) in [5.74, 6) is -0.512. The third-order valence-electron chi connectivity index (χ3n) is 3.61. The number of sulfonamides is 1. The minimum absolute atomic E-state index is 0.106. The second-order valence-corrected chi connectivity index (χ2v) is 6.82. The molecule has 2 aromatic rings. The van der Waals surface area contributed by atoms with Gasteiger partial charge < -0.3 is 14.2 Å². The number of nitrogens with zero attached hydrogens (tertiary/aromatic N) is 2. The number of imidazole rings is 1. The van der Waals surface area contributed by atoms with Gasteiger partial charge in [0, 0.05) is 12.2 Å². The van der Waals surface area contributed by atoms with Crippen molar-refractivity contribution in [2.24, 2.45) is 0 Å². The second kappa shape index (κ2) is 5.34. The molecule has 0 amide bonds. The average Bonchev–Trinajstić information content (AvgIpc) is 2.88. The van der Waals surface area contributed by atoms with Gasteiger partial charge in [-0.25, -0.2) is 22.9 Å². The van der Waals surface area contributed by atoms with Crippen LogP contribution in [-0.4, -0.2) is 48.1 Å². The quantitative estimate of drug-likeness (QED) is 0.761. The molecule has 0 saturated heterocycles. The van der Waals surface area contributed by atoms with Gasteiger partial charge >= 0.3 is 5.97 Å². The molecule has 8 nitrogen and oxygen atoms in total. The van der Waals surface area contributed by atoms with Crippen LogP contribution >= 0.6 is 0 Å². The highest BCUT2D eigenvalue weighted by molar-refractivity contribution is 7.89. The van der Waals surface area contributed by atoms with Crippen LogP contribution in [0.2, 0.25) is 0 Å². The molecule has 0 spiro atoms. The van der Waals surface area contributed by atoms with Gasteiger partial charge in [-0.3, -0.25) is 0 Å². The zero-order valence-corrected chi connectivity index (χ0v) is 12.6. The number of fused-ring (bicyclic) bond motifs is 1. The standard InChI is InChI=1S/C13H15N3O5S/c1-21-13(18)8-2-3-11-12(14-7-16(11)6-8)22(19,20)15-9-4-10(17)5-9/h2-3,6-7,9-10,15,17H,4-5H2,1H3. The Kier molecular flexibility index (Phi) is 3.63. The third kappa shape index (κ3) is 2.58. The number of aliphatic hydroxyl groups is 1. The molecule has 118 valence electrons. The van der Waals surface area contributed by atoms with Crippen molar-refractivity contribution in [3.63, 3.8) is 0 Å². The first-order chi connectivity index (χ1) is 10.4. The molecule has 0 bridgehead atoms. The smallest absolute Gasteiger partial charge is 0.339 e. The van der Waals surface area contributed by atoms with Crippen LogP contribution in [0.5, 0.6) is 0 Å². The Morgan fingerprint density at radius 1 is 1.45 bits per heavy atom. The van der Waals surface area contributed by atoms with E-state index in [0.717, 1.165) is 0 Å². The summed E-state index contributed by atoms with van der Waals surface area (Å²) >= 11 is 0. The van der Waals surface area contributed by atoms with Crippen LogP contribution in [0.15, 0.2) is 29.7 Å². The minimum Gasteiger partial charge on any atom is -0.465 e. The van der Waals surface area contributed by atoms with Crippen molar-refractivity contribution in [3.05, 3.63) is 30.2 Å². The molecule has 2 heterocycles. The predicted octanol–water partition coefficient (Wildman–Crippen LogP) is -0.0775. The zero-order valence-electron chi connectivity index (χ0n) is 11.8. The fraction of sp³-hybridized carbons (Fsp3) is 0.385. The monoisotopic (exact) mass is 325 g/mol. The highest BCUT2D eigenvalue weighted by Crippen LogP contribution is 2.23. The van der Waals surface area contributed by atoms with Gasteiger partial charge in [0.2, 0.25) is 0 Å². The van der Waals surface area contributed by atoms with Gasteiger partial charge in [0.15, 0.2) is 5.03 Å². The largest absolute Gasteiger partial charge is 0.465 e. The van der Waals surface area contributed by atoms with Gasteiger partial charge in [-0.15, -0.1) is 0 Å². The maximum absolute atomic E-state index is 12.3. The van der Waals surface area contributed by atoms with E-state index in [2.05, 4.69) is 14.4 Å². The van der Waals surface area contributed by atoms with E-state index in [-0.39, 0.29) is 11.1 Å². The molecule has 0 aromatic carbocycles. The molecule has 3 rings (SSSR count). The summed E-state index contributed by atoms with van der Waals surface area (Å²) in [5, 5.41) is 9.12. The van der Waals surface area contributed by atoms with Gasteiger partial charge in [-0.05, 0) is 25.0 Å². The van der Waals surface area contributed by atoms with E-state index in [4.69, 9.17) is 0 Å². The molecule has 1 aliphatic carbocycles. The van der Waals surface area contributed by atoms with Crippen molar-refractivity contribution in [3.8, 4) is 0 Å². The summed E-state index contributed by atoms with van der Waals surface area (Å²) in [6, 6.07) is 2.71. The van der Waals surface area contributed by atoms with E-state index in [1.54, 1.807) is 0 Å². The van der Waals surface area contributed by atoms with Crippen molar-refractivity contribution in [1.29, 1.82) is 0 Å². The van der Waals surface area contributed by atoms with E-state index >= 15 is 0 Å². The summed E-state index contributed by atoms with van der Waals surface area (Å²) in [4.78, 5) is 15.4. The number of pyridine rings is 1. The Morgan fingerprint density at radius 3 is 2.82 bits per heavy atom. The topological polar surface area (TPSA) is 110 Å². The first-order valence-electron chi connectivity index (χ1n) is 6.66. The zero-order chi connectivity index (χ0) is 15.9. The molecule has 1 saturated carbocycles. The Morgan fingerprint density at radius 2 is 2.18 bits per heavy atom. The van der Waals surface area contributed by atoms with E-state index in [1.165, 1.54) is 36.2 Å². The molecule has 22 heavy (non-hydrogen) atoms. The number of carbonyl (C=O) groups is 1. The van der Waals surface area contributed by atoms with Crippen molar-refractivity contribution in [1.82, 2.24) is 14.1 Å². The van der Waals surface area contributed by atoms with Crippen molar-refractivity contribution in [2.75, 3.05) is 7.11 Å². The SMILES string of the molecule is COC(=O)c1ccc2c(S(=O)(=O)NC3CC(O)C3)ncn2c1. The van der Waals surface area contributed by atoms with E-state index < -0.39 is 22.1 Å². The van der Waals surface area contributed by atoms with Crippen LogP contribution in [-0.2, 0) is 14.8 Å². The lowest BCUT2D eigenvalue weighted by atomic mass is 9.91. The molecule has 0 unspecified atom stereocenters. The van der Waals surface area contributed by atoms with Gasteiger partial charge in [-0.2, -0.15) is 0 Å². The average molecular weight is 325 g/mol. The maximum Gasteiger partial charge on any atom is 0.339 e. The van der Waals surface area contributed by atoms with Gasteiger partial charge in [0.1, 0.15) is 6.33 Å². The number of aromatic nitrogens is 2. The Labute approximate surface area is 126 Å². The maximum atomic E-state index is 12.3. The van der Waals surface area contributed by atoms with Gasteiger partial charge in [-0.1, -0.05) is 0 Å². The summed E-state index contributed by atoms with van der Waals surface area (Å²) in [6.45, 7) is 0. The van der Waals surface area contributed by atoms with E-state index in [9.17, 15) is 18.3 Å².